The molecule has 0 radical (unpaired) electrons. The van der Waals surface area contributed by atoms with Crippen LogP contribution in [0.3, 0.4) is 0 Å². The Morgan fingerprint density at radius 2 is 2.04 bits per heavy atom. The smallest absolute Gasteiger partial charge is 0.155 e. The van der Waals surface area contributed by atoms with E-state index in [4.69, 9.17) is 10.5 Å². The second-order valence-corrected chi connectivity index (χ2v) is 9.69. The van der Waals surface area contributed by atoms with Gasteiger partial charge in [0.1, 0.15) is 6.10 Å². The van der Waals surface area contributed by atoms with Crippen LogP contribution in [0.4, 0.5) is 0 Å². The van der Waals surface area contributed by atoms with Gasteiger partial charge in [-0.2, -0.15) is 0 Å². The maximum Gasteiger partial charge on any atom is 0.155 e. The summed E-state index contributed by atoms with van der Waals surface area (Å²) in [4.78, 5) is 12.0. The molecule has 0 aromatic rings. The lowest BCUT2D eigenvalue weighted by Crippen LogP contribution is -2.53. The van der Waals surface area contributed by atoms with Crippen LogP contribution in [0.15, 0.2) is 11.6 Å². The molecule has 1 heterocycles. The van der Waals surface area contributed by atoms with Crippen molar-refractivity contribution in [2.24, 2.45) is 40.2 Å². The van der Waals surface area contributed by atoms with E-state index >= 15 is 0 Å². The Labute approximate surface area is 145 Å². The van der Waals surface area contributed by atoms with Gasteiger partial charge in [0, 0.05) is 6.42 Å². The van der Waals surface area contributed by atoms with E-state index in [0.29, 0.717) is 23.2 Å². The Bertz CT molecular complexity index is 613. The first-order chi connectivity index (χ1) is 11.5. The van der Waals surface area contributed by atoms with Gasteiger partial charge in [-0.3, -0.25) is 4.79 Å². The average Bonchev–Trinajstić information content (AvgIpc) is 3.27. The summed E-state index contributed by atoms with van der Waals surface area (Å²) in [6.45, 7) is 5.82. The van der Waals surface area contributed by atoms with Crippen LogP contribution < -0.4 is 5.73 Å². The molecule has 4 fully saturated rings. The van der Waals surface area contributed by atoms with E-state index < -0.39 is 0 Å². The second-order valence-electron chi connectivity index (χ2n) is 9.69. The molecule has 5 rings (SSSR count). The van der Waals surface area contributed by atoms with Crippen molar-refractivity contribution in [3.8, 4) is 0 Å². The quantitative estimate of drug-likeness (QED) is 0.789. The van der Waals surface area contributed by atoms with Gasteiger partial charge >= 0.3 is 0 Å². The van der Waals surface area contributed by atoms with E-state index in [1.807, 2.05) is 6.08 Å². The van der Waals surface area contributed by atoms with Crippen molar-refractivity contribution < 1.29 is 9.53 Å². The molecule has 4 aliphatic carbocycles. The van der Waals surface area contributed by atoms with Crippen LogP contribution >= 0.6 is 0 Å². The number of ether oxygens (including phenoxy) is 1. The van der Waals surface area contributed by atoms with E-state index in [9.17, 15) is 4.79 Å². The molecule has 0 spiro atoms. The highest BCUT2D eigenvalue weighted by molar-refractivity contribution is 5.92. The number of fused-ring (bicyclic) bond motifs is 8. The molecule has 8 unspecified atom stereocenters. The van der Waals surface area contributed by atoms with Gasteiger partial charge in [-0.15, -0.1) is 0 Å². The van der Waals surface area contributed by atoms with E-state index in [2.05, 4.69) is 13.8 Å². The Balaban J connectivity index is 1.51. The zero-order valence-electron chi connectivity index (χ0n) is 15.1. The SMILES string of the molecule is CC12CCC(=O)C=C1C1OC1C1C2CCC2(C)C(CCN)CCC12. The highest BCUT2D eigenvalue weighted by Gasteiger charge is 2.68. The number of hydrogen-bond acceptors (Lipinski definition) is 3. The largest absolute Gasteiger partial charge is 0.365 e. The van der Waals surface area contributed by atoms with Gasteiger partial charge in [-0.05, 0) is 91.2 Å². The molecule has 3 heteroatoms. The minimum Gasteiger partial charge on any atom is -0.365 e. The molecule has 1 saturated heterocycles. The van der Waals surface area contributed by atoms with Crippen molar-refractivity contribution in [3.05, 3.63) is 11.6 Å². The first-order valence-corrected chi connectivity index (χ1v) is 10.1. The van der Waals surface area contributed by atoms with E-state index in [1.54, 1.807) is 0 Å². The number of hydrogen-bond donors (Lipinski definition) is 1. The van der Waals surface area contributed by atoms with Crippen LogP contribution in [-0.4, -0.2) is 24.5 Å². The normalized spacial score (nSPS) is 55.1. The Morgan fingerprint density at radius 1 is 1.21 bits per heavy atom. The van der Waals surface area contributed by atoms with E-state index in [1.165, 1.54) is 37.7 Å². The number of carbonyl (C=O) groups is 1. The van der Waals surface area contributed by atoms with Gasteiger partial charge in [0.15, 0.2) is 5.78 Å². The predicted molar refractivity (Wildman–Crippen MR) is 93.3 cm³/mol. The molecule has 24 heavy (non-hydrogen) atoms. The van der Waals surface area contributed by atoms with Crippen LogP contribution in [0.2, 0.25) is 0 Å². The molecule has 0 aromatic heterocycles. The average molecular weight is 329 g/mol. The van der Waals surface area contributed by atoms with Gasteiger partial charge in [0.25, 0.3) is 0 Å². The fraction of sp³-hybridized carbons (Fsp3) is 0.857. The van der Waals surface area contributed by atoms with Crippen molar-refractivity contribution in [2.75, 3.05) is 6.54 Å². The third-order valence-corrected chi connectivity index (χ3v) is 8.94. The summed E-state index contributed by atoms with van der Waals surface area (Å²) in [6, 6.07) is 0. The Kier molecular flexibility index (Phi) is 3.21. The van der Waals surface area contributed by atoms with Gasteiger partial charge in [-0.25, -0.2) is 0 Å². The fourth-order valence-electron chi connectivity index (χ4n) is 7.59. The summed E-state index contributed by atoms with van der Waals surface area (Å²) in [5.74, 6) is 3.36. The Hall–Kier alpha value is -0.670. The lowest BCUT2D eigenvalue weighted by Gasteiger charge is -2.56. The fourth-order valence-corrected chi connectivity index (χ4v) is 7.59. The molecule has 1 aliphatic heterocycles. The summed E-state index contributed by atoms with van der Waals surface area (Å²) in [7, 11) is 0. The van der Waals surface area contributed by atoms with Gasteiger partial charge in [-0.1, -0.05) is 13.8 Å². The monoisotopic (exact) mass is 329 g/mol. The third kappa shape index (κ3) is 1.83. The van der Waals surface area contributed by atoms with Crippen LogP contribution in [0.1, 0.15) is 58.8 Å². The highest BCUT2D eigenvalue weighted by Crippen LogP contribution is 2.70. The third-order valence-electron chi connectivity index (χ3n) is 8.94. The molecule has 0 amide bonds. The maximum absolute atomic E-state index is 12.0. The van der Waals surface area contributed by atoms with Crippen molar-refractivity contribution in [1.82, 2.24) is 0 Å². The van der Waals surface area contributed by atoms with Crippen LogP contribution in [0.5, 0.6) is 0 Å². The molecular formula is C21H31NO2. The Morgan fingerprint density at radius 3 is 2.83 bits per heavy atom. The minimum atomic E-state index is 0.212. The summed E-state index contributed by atoms with van der Waals surface area (Å²) >= 11 is 0. The summed E-state index contributed by atoms with van der Waals surface area (Å²) in [5.41, 5.74) is 7.95. The molecule has 132 valence electrons. The topological polar surface area (TPSA) is 55.6 Å². The summed E-state index contributed by atoms with van der Waals surface area (Å²) in [5, 5.41) is 0. The van der Waals surface area contributed by atoms with Crippen molar-refractivity contribution in [1.29, 1.82) is 0 Å². The standard InChI is InChI=1S/C21H31NO2/c1-20-9-6-15-17(14(20)4-3-12(20)7-10-22)19-18(24-19)16-11-13(23)5-8-21(15,16)2/h11-12,14-15,17-19H,3-10,22H2,1-2H3. The van der Waals surface area contributed by atoms with E-state index in [-0.39, 0.29) is 11.5 Å². The molecule has 5 aliphatic rings. The van der Waals surface area contributed by atoms with Crippen molar-refractivity contribution >= 4 is 5.78 Å². The van der Waals surface area contributed by atoms with Gasteiger partial charge < -0.3 is 10.5 Å². The number of epoxide rings is 1. The first kappa shape index (κ1) is 15.6. The molecule has 0 bridgehead atoms. The van der Waals surface area contributed by atoms with Crippen LogP contribution in [-0.2, 0) is 9.53 Å². The summed E-state index contributed by atoms with van der Waals surface area (Å²) in [6.07, 6.45) is 11.0. The number of nitrogens with two attached hydrogens (primary N) is 1. The zero-order valence-corrected chi connectivity index (χ0v) is 15.1. The highest BCUT2D eigenvalue weighted by atomic mass is 16.6. The lowest BCUT2D eigenvalue weighted by atomic mass is 9.47. The number of rotatable bonds is 2. The minimum absolute atomic E-state index is 0.212. The van der Waals surface area contributed by atoms with Crippen LogP contribution in [0, 0.1) is 34.5 Å². The molecule has 0 aromatic carbocycles. The lowest BCUT2D eigenvalue weighted by molar-refractivity contribution is -0.117. The molecular weight excluding hydrogens is 298 g/mol. The zero-order chi connectivity index (χ0) is 16.7. The number of ketones is 1. The molecule has 2 N–H and O–H groups in total. The molecule has 3 nitrogen and oxygen atoms in total. The van der Waals surface area contributed by atoms with Crippen molar-refractivity contribution in [2.45, 2.75) is 71.0 Å². The van der Waals surface area contributed by atoms with Crippen LogP contribution in [0.25, 0.3) is 0 Å². The molecule has 8 atom stereocenters. The maximum atomic E-state index is 12.0. The number of carbonyl (C=O) groups excluding carboxylic acids is 1. The summed E-state index contributed by atoms with van der Waals surface area (Å²) < 4.78 is 6.23. The first-order valence-electron chi connectivity index (χ1n) is 10.1. The van der Waals surface area contributed by atoms with Gasteiger partial charge in [0.2, 0.25) is 0 Å². The predicted octanol–water partition coefficient (Wildman–Crippen LogP) is 3.47. The van der Waals surface area contributed by atoms with E-state index in [0.717, 1.165) is 37.1 Å². The second kappa shape index (κ2) is 4.94. The van der Waals surface area contributed by atoms with Gasteiger partial charge in [0.05, 0.1) is 6.10 Å². The van der Waals surface area contributed by atoms with Crippen molar-refractivity contribution in [3.63, 3.8) is 0 Å². The molecule has 3 saturated carbocycles.